The molecule has 1 amide bonds. The lowest BCUT2D eigenvalue weighted by atomic mass is 10.1. The third-order valence-electron chi connectivity index (χ3n) is 6.75. The van der Waals surface area contributed by atoms with Crippen LogP contribution in [0.3, 0.4) is 0 Å². The number of aromatic nitrogens is 1. The Morgan fingerprint density at radius 3 is 2.50 bits per heavy atom. The van der Waals surface area contributed by atoms with Gasteiger partial charge in [0.05, 0.1) is 27.8 Å². The van der Waals surface area contributed by atoms with Crippen LogP contribution in [-0.2, 0) is 21.3 Å². The summed E-state index contributed by atoms with van der Waals surface area (Å²) >= 11 is 1.50. The van der Waals surface area contributed by atoms with Gasteiger partial charge in [0.25, 0.3) is 5.91 Å². The minimum atomic E-state index is -3.72. The van der Waals surface area contributed by atoms with Crippen LogP contribution in [0.1, 0.15) is 39.9 Å². The average molecular weight is 550 g/mol. The van der Waals surface area contributed by atoms with Crippen LogP contribution in [0.2, 0.25) is 0 Å². The zero-order chi connectivity index (χ0) is 26.9. The zero-order valence-electron chi connectivity index (χ0n) is 21.8. The topological polar surface area (TPSA) is 79.8 Å². The number of sulfonamides is 1. The lowest BCUT2D eigenvalue weighted by Gasteiger charge is -2.23. The number of amides is 1. The number of nitrogens with zero attached hydrogens (tertiary/aromatic N) is 3. The standard InChI is InChI=1S/C29H31N3O4S2/c1-20-16-21(2)27-26(17-20)30-29(37-27)32(19-24-10-7-15-36-24)28(33)23-11-13-25(14-12-23)38(34,35)31(3)18-22-8-5-4-6-9-22/h4-6,8-9,11-14,16-17,24H,7,10,15,18-19H2,1-3H3. The van der Waals surface area contributed by atoms with Crippen molar-refractivity contribution in [3.63, 3.8) is 0 Å². The Balaban J connectivity index is 1.42. The summed E-state index contributed by atoms with van der Waals surface area (Å²) in [6.45, 7) is 5.44. The van der Waals surface area contributed by atoms with Crippen LogP contribution >= 0.6 is 11.3 Å². The molecule has 0 spiro atoms. The second-order valence-corrected chi connectivity index (χ2v) is 12.8. The number of rotatable bonds is 8. The van der Waals surface area contributed by atoms with E-state index < -0.39 is 10.0 Å². The van der Waals surface area contributed by atoms with E-state index in [1.165, 1.54) is 27.8 Å². The maximum Gasteiger partial charge on any atom is 0.260 e. The number of fused-ring (bicyclic) bond motifs is 1. The van der Waals surface area contributed by atoms with E-state index in [0.29, 0.717) is 23.8 Å². The van der Waals surface area contributed by atoms with Crippen molar-refractivity contribution >= 4 is 42.6 Å². The maximum absolute atomic E-state index is 13.8. The summed E-state index contributed by atoms with van der Waals surface area (Å²) in [5.74, 6) is -0.226. The molecule has 198 valence electrons. The molecule has 5 rings (SSSR count). The Morgan fingerprint density at radius 1 is 1.08 bits per heavy atom. The Labute approximate surface area is 227 Å². The summed E-state index contributed by atoms with van der Waals surface area (Å²) in [5, 5.41) is 0.619. The molecule has 3 aromatic carbocycles. The monoisotopic (exact) mass is 549 g/mol. The first-order valence-corrected chi connectivity index (χ1v) is 14.9. The summed E-state index contributed by atoms with van der Waals surface area (Å²) in [7, 11) is -2.16. The van der Waals surface area contributed by atoms with E-state index in [-0.39, 0.29) is 23.5 Å². The molecule has 1 unspecified atom stereocenters. The molecule has 38 heavy (non-hydrogen) atoms. The molecule has 1 aliphatic rings. The van der Waals surface area contributed by atoms with Crippen molar-refractivity contribution in [2.75, 3.05) is 25.1 Å². The molecule has 0 bridgehead atoms. The first kappa shape index (κ1) is 26.5. The molecule has 7 nitrogen and oxygen atoms in total. The molecule has 0 aliphatic carbocycles. The number of aryl methyl sites for hydroxylation is 2. The van der Waals surface area contributed by atoms with Crippen LogP contribution in [0.15, 0.2) is 71.6 Å². The van der Waals surface area contributed by atoms with Crippen molar-refractivity contribution in [2.24, 2.45) is 0 Å². The number of benzene rings is 3. The molecular formula is C29H31N3O4S2. The molecular weight excluding hydrogens is 518 g/mol. The zero-order valence-corrected chi connectivity index (χ0v) is 23.4. The van der Waals surface area contributed by atoms with Gasteiger partial charge in [0.1, 0.15) is 0 Å². The summed E-state index contributed by atoms with van der Waals surface area (Å²) in [6.07, 6.45) is 1.80. The Kier molecular flexibility index (Phi) is 7.63. The maximum atomic E-state index is 13.8. The minimum Gasteiger partial charge on any atom is -0.376 e. The molecule has 0 saturated carbocycles. The van der Waals surface area contributed by atoms with E-state index in [4.69, 9.17) is 9.72 Å². The lowest BCUT2D eigenvalue weighted by Crippen LogP contribution is -2.37. The largest absolute Gasteiger partial charge is 0.376 e. The Morgan fingerprint density at radius 2 is 1.82 bits per heavy atom. The van der Waals surface area contributed by atoms with Crippen molar-refractivity contribution in [2.45, 2.75) is 44.2 Å². The summed E-state index contributed by atoms with van der Waals surface area (Å²) in [6, 6.07) is 19.7. The number of thiazole rings is 1. The second-order valence-electron chi connectivity index (χ2n) is 9.75. The fourth-order valence-corrected chi connectivity index (χ4v) is 6.93. The van der Waals surface area contributed by atoms with Gasteiger partial charge >= 0.3 is 0 Å². The van der Waals surface area contributed by atoms with Crippen LogP contribution < -0.4 is 4.90 Å². The van der Waals surface area contributed by atoms with Gasteiger partial charge in [-0.2, -0.15) is 4.31 Å². The number of hydrogen-bond donors (Lipinski definition) is 0. The highest BCUT2D eigenvalue weighted by molar-refractivity contribution is 7.89. The van der Waals surface area contributed by atoms with Crippen LogP contribution in [0.5, 0.6) is 0 Å². The third kappa shape index (κ3) is 5.51. The lowest BCUT2D eigenvalue weighted by molar-refractivity contribution is 0.0917. The molecule has 1 saturated heterocycles. The normalized spacial score (nSPS) is 15.8. The molecule has 1 atom stereocenters. The van der Waals surface area contributed by atoms with Gasteiger partial charge < -0.3 is 4.74 Å². The van der Waals surface area contributed by atoms with E-state index in [0.717, 1.165) is 39.7 Å². The van der Waals surface area contributed by atoms with E-state index in [9.17, 15) is 13.2 Å². The molecule has 1 aromatic heterocycles. The first-order chi connectivity index (χ1) is 18.2. The van der Waals surface area contributed by atoms with E-state index >= 15 is 0 Å². The minimum absolute atomic E-state index is 0.0555. The molecule has 4 aromatic rings. The smallest absolute Gasteiger partial charge is 0.260 e. The summed E-state index contributed by atoms with van der Waals surface area (Å²) < 4.78 is 34.5. The highest BCUT2D eigenvalue weighted by Crippen LogP contribution is 2.33. The van der Waals surface area contributed by atoms with Crippen molar-refractivity contribution < 1.29 is 17.9 Å². The van der Waals surface area contributed by atoms with Gasteiger partial charge in [-0.05, 0) is 73.7 Å². The van der Waals surface area contributed by atoms with Crippen LogP contribution in [0.4, 0.5) is 5.13 Å². The number of hydrogen-bond acceptors (Lipinski definition) is 6. The van der Waals surface area contributed by atoms with Gasteiger partial charge in [-0.3, -0.25) is 9.69 Å². The molecule has 1 fully saturated rings. The van der Waals surface area contributed by atoms with Crippen LogP contribution in [-0.4, -0.2) is 49.9 Å². The number of carbonyl (C=O) groups excluding carboxylic acids is 1. The quantitative estimate of drug-likeness (QED) is 0.288. The third-order valence-corrected chi connectivity index (χ3v) is 9.80. The van der Waals surface area contributed by atoms with Gasteiger partial charge in [-0.15, -0.1) is 0 Å². The fourth-order valence-electron chi connectivity index (χ4n) is 4.75. The highest BCUT2D eigenvalue weighted by atomic mass is 32.2. The molecule has 9 heteroatoms. The fraction of sp³-hybridized carbons (Fsp3) is 0.310. The highest BCUT2D eigenvalue weighted by Gasteiger charge is 2.28. The van der Waals surface area contributed by atoms with Gasteiger partial charge in [0.15, 0.2) is 5.13 Å². The SMILES string of the molecule is Cc1cc(C)c2sc(N(CC3CCCO3)C(=O)c3ccc(S(=O)(=O)N(C)Cc4ccccc4)cc3)nc2c1. The second kappa shape index (κ2) is 10.9. The number of ether oxygens (including phenoxy) is 1. The van der Waals surface area contributed by atoms with E-state index in [1.54, 1.807) is 24.1 Å². The summed E-state index contributed by atoms with van der Waals surface area (Å²) in [4.78, 5) is 20.4. The van der Waals surface area contributed by atoms with Gasteiger partial charge in [-0.1, -0.05) is 47.7 Å². The van der Waals surface area contributed by atoms with Crippen molar-refractivity contribution in [3.05, 3.63) is 89.0 Å². The van der Waals surface area contributed by atoms with Crippen LogP contribution in [0, 0.1) is 13.8 Å². The predicted molar refractivity (Wildman–Crippen MR) is 151 cm³/mol. The van der Waals surface area contributed by atoms with Crippen molar-refractivity contribution in [3.8, 4) is 0 Å². The number of carbonyl (C=O) groups is 1. The predicted octanol–water partition coefficient (Wildman–Crippen LogP) is 5.56. The molecule has 1 aliphatic heterocycles. The Hall–Kier alpha value is -3.11. The number of anilines is 1. The summed E-state index contributed by atoms with van der Waals surface area (Å²) in [5.41, 5.74) is 4.42. The van der Waals surface area contributed by atoms with E-state index in [1.807, 2.05) is 43.3 Å². The molecule has 0 radical (unpaired) electrons. The molecule has 0 N–H and O–H groups in total. The van der Waals surface area contributed by atoms with Gasteiger partial charge in [0, 0.05) is 25.8 Å². The van der Waals surface area contributed by atoms with Crippen molar-refractivity contribution in [1.29, 1.82) is 0 Å². The molecule has 2 heterocycles. The Bertz CT molecular complexity index is 1540. The first-order valence-electron chi connectivity index (χ1n) is 12.6. The van der Waals surface area contributed by atoms with Gasteiger partial charge in [0.2, 0.25) is 10.0 Å². The van der Waals surface area contributed by atoms with E-state index in [2.05, 4.69) is 13.0 Å². The van der Waals surface area contributed by atoms with Crippen molar-refractivity contribution in [1.82, 2.24) is 9.29 Å². The van der Waals surface area contributed by atoms with Crippen LogP contribution in [0.25, 0.3) is 10.2 Å². The van der Waals surface area contributed by atoms with Gasteiger partial charge in [-0.25, -0.2) is 13.4 Å². The average Bonchev–Trinajstić information content (AvgIpc) is 3.57.